The van der Waals surface area contributed by atoms with E-state index in [0.717, 1.165) is 29.7 Å². The standard InChI is InChI=1S/C15H18Cl2N2/c1-3-12(4-2)19-15(17)13(10-16)14(18-19)11-8-6-5-7-9-11/h5-9,12H,3-4,10H2,1-2H3. The number of aromatic nitrogens is 2. The average Bonchev–Trinajstić information content (AvgIpc) is 2.78. The first-order valence-corrected chi connectivity index (χ1v) is 7.52. The molecule has 0 aliphatic heterocycles. The van der Waals surface area contributed by atoms with Gasteiger partial charge in [0.25, 0.3) is 0 Å². The van der Waals surface area contributed by atoms with Crippen LogP contribution in [0.4, 0.5) is 0 Å². The molecule has 1 aromatic carbocycles. The van der Waals surface area contributed by atoms with E-state index in [4.69, 9.17) is 28.3 Å². The van der Waals surface area contributed by atoms with Gasteiger partial charge in [-0.2, -0.15) is 5.10 Å². The predicted octanol–water partition coefficient (Wildman–Crippen LogP) is 5.30. The van der Waals surface area contributed by atoms with Crippen molar-refractivity contribution in [1.29, 1.82) is 0 Å². The molecule has 0 amide bonds. The van der Waals surface area contributed by atoms with E-state index in [1.165, 1.54) is 0 Å². The van der Waals surface area contributed by atoms with Gasteiger partial charge in [-0.1, -0.05) is 55.8 Å². The smallest absolute Gasteiger partial charge is 0.132 e. The molecular weight excluding hydrogens is 279 g/mol. The van der Waals surface area contributed by atoms with Gasteiger partial charge in [0.1, 0.15) is 5.15 Å². The normalized spacial score (nSPS) is 11.2. The molecule has 1 heterocycles. The highest BCUT2D eigenvalue weighted by atomic mass is 35.5. The fourth-order valence-electron chi connectivity index (χ4n) is 2.27. The summed E-state index contributed by atoms with van der Waals surface area (Å²) in [4.78, 5) is 0. The Morgan fingerprint density at radius 1 is 1.16 bits per heavy atom. The highest BCUT2D eigenvalue weighted by molar-refractivity contribution is 6.31. The molecule has 0 aliphatic rings. The van der Waals surface area contributed by atoms with Crippen molar-refractivity contribution in [1.82, 2.24) is 9.78 Å². The van der Waals surface area contributed by atoms with Crippen LogP contribution in [0.25, 0.3) is 11.3 Å². The minimum absolute atomic E-state index is 0.326. The van der Waals surface area contributed by atoms with Crippen molar-refractivity contribution in [3.63, 3.8) is 0 Å². The lowest BCUT2D eigenvalue weighted by molar-refractivity contribution is 0.430. The van der Waals surface area contributed by atoms with Crippen molar-refractivity contribution in [3.05, 3.63) is 41.0 Å². The number of alkyl halides is 1. The molecule has 0 unspecified atom stereocenters. The fourth-order valence-corrected chi connectivity index (χ4v) is 2.92. The summed E-state index contributed by atoms with van der Waals surface area (Å²) in [6, 6.07) is 10.4. The van der Waals surface area contributed by atoms with Crippen LogP contribution in [0.1, 0.15) is 38.3 Å². The lowest BCUT2D eigenvalue weighted by Gasteiger charge is -2.14. The molecule has 2 rings (SSSR count). The average molecular weight is 297 g/mol. The molecule has 2 aromatic rings. The summed E-state index contributed by atoms with van der Waals surface area (Å²) in [5.74, 6) is 0.378. The van der Waals surface area contributed by atoms with Crippen molar-refractivity contribution in [2.24, 2.45) is 0 Å². The van der Waals surface area contributed by atoms with Crippen LogP contribution in [0, 0.1) is 0 Å². The van der Waals surface area contributed by atoms with Crippen molar-refractivity contribution in [2.45, 2.75) is 38.6 Å². The quantitative estimate of drug-likeness (QED) is 0.684. The summed E-state index contributed by atoms with van der Waals surface area (Å²) < 4.78 is 1.92. The lowest BCUT2D eigenvalue weighted by atomic mass is 10.1. The van der Waals surface area contributed by atoms with Crippen LogP contribution in [-0.4, -0.2) is 9.78 Å². The molecule has 0 saturated carbocycles. The second-order valence-corrected chi connectivity index (χ2v) is 5.16. The van der Waals surface area contributed by atoms with Gasteiger partial charge in [0.2, 0.25) is 0 Å². The Morgan fingerprint density at radius 3 is 2.32 bits per heavy atom. The van der Waals surface area contributed by atoms with Crippen molar-refractivity contribution in [2.75, 3.05) is 0 Å². The number of hydrogen-bond acceptors (Lipinski definition) is 1. The third-order valence-corrected chi connectivity index (χ3v) is 4.08. The summed E-state index contributed by atoms with van der Waals surface area (Å²) in [7, 11) is 0. The van der Waals surface area contributed by atoms with Gasteiger partial charge in [-0.3, -0.25) is 4.68 Å². The molecule has 2 nitrogen and oxygen atoms in total. The number of benzene rings is 1. The molecule has 0 fully saturated rings. The second-order valence-electron chi connectivity index (χ2n) is 4.53. The van der Waals surface area contributed by atoms with E-state index in [2.05, 4.69) is 13.8 Å². The third-order valence-electron chi connectivity index (χ3n) is 3.41. The molecule has 0 atom stereocenters. The van der Waals surface area contributed by atoms with Gasteiger partial charge >= 0.3 is 0 Å². The Labute approximate surface area is 124 Å². The second kappa shape index (κ2) is 6.44. The van der Waals surface area contributed by atoms with Crippen LogP contribution in [-0.2, 0) is 5.88 Å². The van der Waals surface area contributed by atoms with E-state index in [1.54, 1.807) is 0 Å². The van der Waals surface area contributed by atoms with Crippen LogP contribution in [0.15, 0.2) is 30.3 Å². The van der Waals surface area contributed by atoms with Crippen molar-refractivity contribution >= 4 is 23.2 Å². The predicted molar refractivity (Wildman–Crippen MR) is 81.8 cm³/mol. The molecule has 0 N–H and O–H groups in total. The van der Waals surface area contributed by atoms with E-state index in [1.807, 2.05) is 35.0 Å². The summed E-state index contributed by atoms with van der Waals surface area (Å²) in [6.45, 7) is 4.30. The summed E-state index contributed by atoms with van der Waals surface area (Å²) in [5, 5.41) is 5.36. The Kier molecular flexibility index (Phi) is 4.89. The van der Waals surface area contributed by atoms with Crippen LogP contribution in [0.5, 0.6) is 0 Å². The SMILES string of the molecule is CCC(CC)n1nc(-c2ccccc2)c(CCl)c1Cl. The van der Waals surface area contributed by atoms with E-state index in [9.17, 15) is 0 Å². The van der Waals surface area contributed by atoms with Gasteiger partial charge in [-0.15, -0.1) is 11.6 Å². The minimum atomic E-state index is 0.326. The maximum absolute atomic E-state index is 6.45. The van der Waals surface area contributed by atoms with E-state index in [0.29, 0.717) is 17.1 Å². The summed E-state index contributed by atoms with van der Waals surface area (Å²) >= 11 is 12.5. The van der Waals surface area contributed by atoms with Gasteiger partial charge in [-0.05, 0) is 12.8 Å². The first-order chi connectivity index (χ1) is 9.22. The van der Waals surface area contributed by atoms with Gasteiger partial charge in [0, 0.05) is 11.1 Å². The van der Waals surface area contributed by atoms with Crippen molar-refractivity contribution < 1.29 is 0 Å². The Balaban J connectivity index is 2.53. The minimum Gasteiger partial charge on any atom is -0.250 e. The molecule has 0 radical (unpaired) electrons. The molecule has 4 heteroatoms. The van der Waals surface area contributed by atoms with E-state index >= 15 is 0 Å². The van der Waals surface area contributed by atoms with Gasteiger partial charge < -0.3 is 0 Å². The Hall–Kier alpha value is -0.990. The van der Waals surface area contributed by atoms with Crippen LogP contribution >= 0.6 is 23.2 Å². The Morgan fingerprint density at radius 2 is 1.79 bits per heavy atom. The molecule has 0 aliphatic carbocycles. The van der Waals surface area contributed by atoms with Crippen LogP contribution < -0.4 is 0 Å². The van der Waals surface area contributed by atoms with E-state index in [-0.39, 0.29) is 0 Å². The third kappa shape index (κ3) is 2.80. The first kappa shape index (κ1) is 14.4. The van der Waals surface area contributed by atoms with Gasteiger partial charge in [0.05, 0.1) is 17.6 Å². The topological polar surface area (TPSA) is 17.8 Å². The zero-order valence-electron chi connectivity index (χ0n) is 11.2. The number of rotatable bonds is 5. The first-order valence-electron chi connectivity index (χ1n) is 6.61. The number of halogens is 2. The maximum Gasteiger partial charge on any atom is 0.132 e. The number of nitrogens with zero attached hydrogens (tertiary/aromatic N) is 2. The molecular formula is C15H18Cl2N2. The molecule has 102 valence electrons. The molecule has 0 spiro atoms. The van der Waals surface area contributed by atoms with Crippen LogP contribution in [0.2, 0.25) is 5.15 Å². The number of hydrogen-bond donors (Lipinski definition) is 0. The monoisotopic (exact) mass is 296 g/mol. The van der Waals surface area contributed by atoms with Gasteiger partial charge in [-0.25, -0.2) is 0 Å². The molecule has 0 saturated heterocycles. The lowest BCUT2D eigenvalue weighted by Crippen LogP contribution is -2.08. The van der Waals surface area contributed by atoms with Gasteiger partial charge in [0.15, 0.2) is 0 Å². The maximum atomic E-state index is 6.45. The van der Waals surface area contributed by atoms with E-state index < -0.39 is 0 Å². The molecule has 19 heavy (non-hydrogen) atoms. The molecule has 0 bridgehead atoms. The molecule has 1 aromatic heterocycles. The van der Waals surface area contributed by atoms with Crippen molar-refractivity contribution in [3.8, 4) is 11.3 Å². The highest BCUT2D eigenvalue weighted by Crippen LogP contribution is 2.33. The zero-order valence-corrected chi connectivity index (χ0v) is 12.7. The highest BCUT2D eigenvalue weighted by Gasteiger charge is 2.20. The summed E-state index contributed by atoms with van der Waals surface area (Å²) in [5.41, 5.74) is 2.87. The summed E-state index contributed by atoms with van der Waals surface area (Å²) in [6.07, 6.45) is 2.02. The fraction of sp³-hybridized carbons (Fsp3) is 0.400. The zero-order chi connectivity index (χ0) is 13.8. The largest absolute Gasteiger partial charge is 0.250 e. The Bertz CT molecular complexity index is 531. The van der Waals surface area contributed by atoms with Crippen LogP contribution in [0.3, 0.4) is 0 Å².